The van der Waals surface area contributed by atoms with E-state index in [1.807, 2.05) is 0 Å². The Labute approximate surface area is 101 Å². The normalized spacial score (nSPS) is 19.2. The van der Waals surface area contributed by atoms with Crippen LogP contribution in [0.3, 0.4) is 0 Å². The Bertz CT molecular complexity index is 411. The molecule has 4 nitrogen and oxygen atoms in total. The van der Waals surface area contributed by atoms with E-state index in [-0.39, 0.29) is 11.7 Å². The first-order chi connectivity index (χ1) is 8.16. The first kappa shape index (κ1) is 11.9. The van der Waals surface area contributed by atoms with E-state index in [4.69, 9.17) is 4.74 Å². The van der Waals surface area contributed by atoms with E-state index >= 15 is 0 Å². The molecule has 1 amide bonds. The second-order valence-corrected chi connectivity index (χ2v) is 4.44. The Morgan fingerprint density at radius 1 is 1.59 bits per heavy atom. The predicted octanol–water partition coefficient (Wildman–Crippen LogP) is 1.47. The Kier molecular flexibility index (Phi) is 3.64. The number of phenolic OH excluding ortho intramolecular Hbond substituents is 1. The van der Waals surface area contributed by atoms with E-state index in [0.717, 1.165) is 25.2 Å². The van der Waals surface area contributed by atoms with Gasteiger partial charge in [0.05, 0.1) is 6.61 Å². The summed E-state index contributed by atoms with van der Waals surface area (Å²) >= 11 is 0. The van der Waals surface area contributed by atoms with Gasteiger partial charge in [-0.25, -0.2) is 0 Å². The predicted molar refractivity (Wildman–Crippen MR) is 64.1 cm³/mol. The van der Waals surface area contributed by atoms with E-state index in [1.165, 1.54) is 6.07 Å². The molecule has 0 bridgehead atoms. The molecule has 1 aliphatic rings. The molecule has 4 heteroatoms. The lowest BCUT2D eigenvalue weighted by molar-refractivity contribution is 0.0944. The molecule has 1 saturated heterocycles. The van der Waals surface area contributed by atoms with Crippen LogP contribution in [0.15, 0.2) is 18.2 Å². The molecule has 2 rings (SSSR count). The zero-order chi connectivity index (χ0) is 12.3. The summed E-state index contributed by atoms with van der Waals surface area (Å²) in [6.07, 6.45) is 0.999. The number of carbonyl (C=O) groups is 1. The highest BCUT2D eigenvalue weighted by molar-refractivity contribution is 5.94. The van der Waals surface area contributed by atoms with E-state index in [0.29, 0.717) is 18.0 Å². The zero-order valence-corrected chi connectivity index (χ0v) is 9.90. The van der Waals surface area contributed by atoms with Crippen LogP contribution in [0.2, 0.25) is 0 Å². The van der Waals surface area contributed by atoms with Gasteiger partial charge in [0.1, 0.15) is 5.75 Å². The molecule has 17 heavy (non-hydrogen) atoms. The smallest absolute Gasteiger partial charge is 0.251 e. The number of hydrogen-bond acceptors (Lipinski definition) is 3. The number of nitrogens with one attached hydrogen (secondary N) is 1. The average Bonchev–Trinajstić information content (AvgIpc) is 2.82. The molecular weight excluding hydrogens is 218 g/mol. The summed E-state index contributed by atoms with van der Waals surface area (Å²) in [7, 11) is 0. The first-order valence-electron chi connectivity index (χ1n) is 5.82. The molecule has 0 aliphatic carbocycles. The minimum absolute atomic E-state index is 0.146. The third-order valence-corrected chi connectivity index (χ3v) is 3.05. The van der Waals surface area contributed by atoms with E-state index in [9.17, 15) is 9.90 Å². The number of carbonyl (C=O) groups excluding carboxylic acids is 1. The fraction of sp³-hybridized carbons (Fsp3) is 0.462. The van der Waals surface area contributed by atoms with Crippen LogP contribution in [-0.2, 0) is 4.74 Å². The highest BCUT2D eigenvalue weighted by Crippen LogP contribution is 2.17. The van der Waals surface area contributed by atoms with Crippen LogP contribution in [-0.4, -0.2) is 30.8 Å². The molecule has 0 spiro atoms. The third kappa shape index (κ3) is 2.97. The quantitative estimate of drug-likeness (QED) is 0.834. The largest absolute Gasteiger partial charge is 0.508 e. The van der Waals surface area contributed by atoms with Gasteiger partial charge >= 0.3 is 0 Å². The van der Waals surface area contributed by atoms with Crippen molar-refractivity contribution in [2.24, 2.45) is 5.92 Å². The summed E-state index contributed by atoms with van der Waals surface area (Å²) in [5, 5.41) is 12.4. The van der Waals surface area contributed by atoms with Crippen LogP contribution in [0.25, 0.3) is 0 Å². The number of amides is 1. The Morgan fingerprint density at radius 2 is 2.41 bits per heavy atom. The van der Waals surface area contributed by atoms with Gasteiger partial charge in [0.15, 0.2) is 0 Å². The van der Waals surface area contributed by atoms with Gasteiger partial charge in [-0.3, -0.25) is 4.79 Å². The van der Waals surface area contributed by atoms with E-state index in [2.05, 4.69) is 5.32 Å². The second-order valence-electron chi connectivity index (χ2n) is 4.44. The first-order valence-corrected chi connectivity index (χ1v) is 5.82. The summed E-state index contributed by atoms with van der Waals surface area (Å²) in [4.78, 5) is 11.8. The molecule has 92 valence electrons. The van der Waals surface area contributed by atoms with Gasteiger partial charge in [0, 0.05) is 24.6 Å². The minimum Gasteiger partial charge on any atom is -0.508 e. The molecule has 0 aromatic heterocycles. The molecule has 1 heterocycles. The maximum atomic E-state index is 11.8. The van der Waals surface area contributed by atoms with Crippen molar-refractivity contribution in [3.05, 3.63) is 29.3 Å². The van der Waals surface area contributed by atoms with Gasteiger partial charge in [-0.1, -0.05) is 6.07 Å². The van der Waals surface area contributed by atoms with Gasteiger partial charge in [-0.15, -0.1) is 0 Å². The molecular formula is C13H17NO3. The van der Waals surface area contributed by atoms with Crippen LogP contribution in [0.5, 0.6) is 5.75 Å². The fourth-order valence-electron chi connectivity index (χ4n) is 1.83. The number of benzene rings is 1. The summed E-state index contributed by atoms with van der Waals surface area (Å²) in [6, 6.07) is 4.95. The van der Waals surface area contributed by atoms with Gasteiger partial charge in [-0.2, -0.15) is 0 Å². The number of aromatic hydroxyl groups is 1. The number of ether oxygens (including phenoxy) is 1. The summed E-state index contributed by atoms with van der Waals surface area (Å²) < 4.78 is 5.24. The van der Waals surface area contributed by atoms with Crippen molar-refractivity contribution < 1.29 is 14.6 Å². The summed E-state index contributed by atoms with van der Waals surface area (Å²) in [6.45, 7) is 3.94. The molecule has 0 saturated carbocycles. The van der Waals surface area contributed by atoms with Gasteiger partial charge < -0.3 is 15.2 Å². The molecule has 1 atom stereocenters. The number of hydrogen-bond donors (Lipinski definition) is 2. The number of phenols is 1. The summed E-state index contributed by atoms with van der Waals surface area (Å²) in [5.74, 6) is 0.423. The van der Waals surface area contributed by atoms with Crippen LogP contribution >= 0.6 is 0 Å². The van der Waals surface area contributed by atoms with Gasteiger partial charge in [0.2, 0.25) is 0 Å². The Hall–Kier alpha value is -1.55. The van der Waals surface area contributed by atoms with Crippen molar-refractivity contribution in [3.8, 4) is 5.75 Å². The summed E-state index contributed by atoms with van der Waals surface area (Å²) in [5.41, 5.74) is 1.26. The highest BCUT2D eigenvalue weighted by atomic mass is 16.5. The molecule has 1 fully saturated rings. The van der Waals surface area contributed by atoms with Crippen LogP contribution in [0, 0.1) is 12.8 Å². The SMILES string of the molecule is Cc1ccc(C(=O)NCC2CCOC2)cc1O. The van der Waals surface area contributed by atoms with Crippen LogP contribution in [0.4, 0.5) is 0 Å². The number of rotatable bonds is 3. The zero-order valence-electron chi connectivity index (χ0n) is 9.90. The third-order valence-electron chi connectivity index (χ3n) is 3.05. The van der Waals surface area contributed by atoms with Crippen molar-refractivity contribution in [1.29, 1.82) is 0 Å². The molecule has 1 aliphatic heterocycles. The fourth-order valence-corrected chi connectivity index (χ4v) is 1.83. The number of aryl methyl sites for hydroxylation is 1. The lowest BCUT2D eigenvalue weighted by atomic mass is 10.1. The average molecular weight is 235 g/mol. The van der Waals surface area contributed by atoms with Crippen molar-refractivity contribution in [2.75, 3.05) is 19.8 Å². The topological polar surface area (TPSA) is 58.6 Å². The minimum atomic E-state index is -0.146. The van der Waals surface area contributed by atoms with Crippen LogP contribution in [0.1, 0.15) is 22.3 Å². The molecule has 0 radical (unpaired) electrons. The van der Waals surface area contributed by atoms with E-state index < -0.39 is 0 Å². The highest BCUT2D eigenvalue weighted by Gasteiger charge is 2.16. The lowest BCUT2D eigenvalue weighted by Gasteiger charge is -2.10. The van der Waals surface area contributed by atoms with E-state index in [1.54, 1.807) is 19.1 Å². The molecule has 1 unspecified atom stereocenters. The lowest BCUT2D eigenvalue weighted by Crippen LogP contribution is -2.29. The second kappa shape index (κ2) is 5.19. The Morgan fingerprint density at radius 3 is 3.06 bits per heavy atom. The van der Waals surface area contributed by atoms with Crippen molar-refractivity contribution >= 4 is 5.91 Å². The molecule has 2 N–H and O–H groups in total. The standard InChI is InChI=1S/C13H17NO3/c1-9-2-3-11(6-12(9)15)13(16)14-7-10-4-5-17-8-10/h2-3,6,10,15H,4-5,7-8H2,1H3,(H,14,16). The maximum Gasteiger partial charge on any atom is 0.251 e. The molecule has 1 aromatic carbocycles. The monoisotopic (exact) mass is 235 g/mol. The van der Waals surface area contributed by atoms with Crippen molar-refractivity contribution in [3.63, 3.8) is 0 Å². The van der Waals surface area contributed by atoms with Gasteiger partial charge in [-0.05, 0) is 31.0 Å². The van der Waals surface area contributed by atoms with Crippen LogP contribution < -0.4 is 5.32 Å². The van der Waals surface area contributed by atoms with Crippen molar-refractivity contribution in [1.82, 2.24) is 5.32 Å². The van der Waals surface area contributed by atoms with Gasteiger partial charge in [0.25, 0.3) is 5.91 Å². The Balaban J connectivity index is 1.92. The van der Waals surface area contributed by atoms with Crippen molar-refractivity contribution in [2.45, 2.75) is 13.3 Å². The maximum absolute atomic E-state index is 11.8. The molecule has 1 aromatic rings.